The lowest BCUT2D eigenvalue weighted by Crippen LogP contribution is -2.02. The van der Waals surface area contributed by atoms with Crippen molar-refractivity contribution in [2.75, 3.05) is 12.4 Å². The maximum absolute atomic E-state index is 13.5. The molecule has 20 heavy (non-hydrogen) atoms. The molecule has 0 aliphatic carbocycles. The molecule has 0 saturated carbocycles. The summed E-state index contributed by atoms with van der Waals surface area (Å²) in [5.74, 6) is 0.483. The SMILES string of the molecule is COc1cc(Cl)c(C)cc1NCc1ccc(C)c(F)c1. The third-order valence-corrected chi connectivity index (χ3v) is 3.61. The van der Waals surface area contributed by atoms with Gasteiger partial charge in [0.1, 0.15) is 11.6 Å². The van der Waals surface area contributed by atoms with Gasteiger partial charge < -0.3 is 10.1 Å². The molecule has 0 spiro atoms. The number of nitrogens with one attached hydrogen (secondary N) is 1. The second-order valence-corrected chi connectivity index (χ2v) is 5.15. The van der Waals surface area contributed by atoms with E-state index in [2.05, 4.69) is 5.32 Å². The molecular formula is C16H17ClFNO. The van der Waals surface area contributed by atoms with Gasteiger partial charge in [-0.05, 0) is 42.7 Å². The van der Waals surface area contributed by atoms with E-state index in [4.69, 9.17) is 16.3 Å². The molecule has 2 nitrogen and oxygen atoms in total. The summed E-state index contributed by atoms with van der Waals surface area (Å²) < 4.78 is 18.8. The molecule has 2 aromatic rings. The number of aryl methyl sites for hydroxylation is 2. The minimum Gasteiger partial charge on any atom is -0.495 e. The third-order valence-electron chi connectivity index (χ3n) is 3.20. The Morgan fingerprint density at radius 1 is 1.15 bits per heavy atom. The maximum atomic E-state index is 13.5. The van der Waals surface area contributed by atoms with E-state index in [0.717, 1.165) is 16.8 Å². The summed E-state index contributed by atoms with van der Waals surface area (Å²) in [7, 11) is 1.59. The van der Waals surface area contributed by atoms with Gasteiger partial charge in [0.05, 0.1) is 12.8 Å². The zero-order valence-electron chi connectivity index (χ0n) is 11.8. The number of hydrogen-bond acceptors (Lipinski definition) is 2. The van der Waals surface area contributed by atoms with Gasteiger partial charge in [0.25, 0.3) is 0 Å². The minimum absolute atomic E-state index is 0.191. The summed E-state index contributed by atoms with van der Waals surface area (Å²) in [5, 5.41) is 3.91. The highest BCUT2D eigenvalue weighted by Gasteiger charge is 2.07. The van der Waals surface area contributed by atoms with Crippen molar-refractivity contribution >= 4 is 17.3 Å². The molecule has 0 bridgehead atoms. The topological polar surface area (TPSA) is 21.3 Å². The molecule has 0 aromatic heterocycles. The van der Waals surface area contributed by atoms with Crippen molar-refractivity contribution < 1.29 is 9.13 Å². The molecule has 106 valence electrons. The van der Waals surface area contributed by atoms with E-state index < -0.39 is 0 Å². The standard InChI is InChI=1S/C16H17ClFNO/c1-10-4-5-12(7-14(10)18)9-19-15-6-11(2)13(17)8-16(15)20-3/h4-8,19H,9H2,1-3H3. The van der Waals surface area contributed by atoms with Gasteiger partial charge in [0, 0.05) is 17.6 Å². The first-order chi connectivity index (χ1) is 9.51. The van der Waals surface area contributed by atoms with Crippen LogP contribution in [-0.2, 0) is 6.54 Å². The first kappa shape index (κ1) is 14.7. The van der Waals surface area contributed by atoms with Gasteiger partial charge in [-0.25, -0.2) is 4.39 Å². The summed E-state index contributed by atoms with van der Waals surface area (Å²) in [5.41, 5.74) is 3.33. The summed E-state index contributed by atoms with van der Waals surface area (Å²) in [6, 6.07) is 8.91. The number of rotatable bonds is 4. The van der Waals surface area contributed by atoms with Crippen molar-refractivity contribution in [3.8, 4) is 5.75 Å². The predicted octanol–water partition coefficient (Wildman–Crippen LogP) is 4.72. The molecule has 0 saturated heterocycles. The first-order valence-electron chi connectivity index (χ1n) is 6.34. The largest absolute Gasteiger partial charge is 0.495 e. The lowest BCUT2D eigenvalue weighted by atomic mass is 10.1. The van der Waals surface area contributed by atoms with E-state index in [0.29, 0.717) is 22.9 Å². The van der Waals surface area contributed by atoms with E-state index in [1.807, 2.05) is 19.1 Å². The van der Waals surface area contributed by atoms with Crippen molar-refractivity contribution in [1.29, 1.82) is 0 Å². The summed E-state index contributed by atoms with van der Waals surface area (Å²) in [6.07, 6.45) is 0. The maximum Gasteiger partial charge on any atom is 0.143 e. The molecule has 2 rings (SSSR count). The Morgan fingerprint density at radius 2 is 1.90 bits per heavy atom. The Labute approximate surface area is 123 Å². The zero-order chi connectivity index (χ0) is 14.7. The molecule has 0 atom stereocenters. The van der Waals surface area contributed by atoms with Gasteiger partial charge in [0.15, 0.2) is 0 Å². The van der Waals surface area contributed by atoms with Gasteiger partial charge >= 0.3 is 0 Å². The lowest BCUT2D eigenvalue weighted by Gasteiger charge is -2.13. The smallest absolute Gasteiger partial charge is 0.143 e. The van der Waals surface area contributed by atoms with Gasteiger partial charge in [-0.2, -0.15) is 0 Å². The van der Waals surface area contributed by atoms with Crippen LogP contribution in [0.5, 0.6) is 5.75 Å². The van der Waals surface area contributed by atoms with E-state index in [-0.39, 0.29) is 5.82 Å². The summed E-state index contributed by atoms with van der Waals surface area (Å²) >= 11 is 6.06. The molecule has 0 radical (unpaired) electrons. The van der Waals surface area contributed by atoms with Gasteiger partial charge in [-0.3, -0.25) is 0 Å². The number of anilines is 1. The van der Waals surface area contributed by atoms with Crippen molar-refractivity contribution in [3.05, 3.63) is 57.9 Å². The van der Waals surface area contributed by atoms with E-state index in [1.165, 1.54) is 6.07 Å². The fourth-order valence-corrected chi connectivity index (χ4v) is 2.07. The summed E-state index contributed by atoms with van der Waals surface area (Å²) in [6.45, 7) is 4.20. The molecule has 0 aliphatic rings. The van der Waals surface area contributed by atoms with Crippen LogP contribution in [0.25, 0.3) is 0 Å². The first-order valence-corrected chi connectivity index (χ1v) is 6.72. The molecule has 0 heterocycles. The molecule has 1 N–H and O–H groups in total. The fourth-order valence-electron chi connectivity index (χ4n) is 1.91. The minimum atomic E-state index is -0.191. The fraction of sp³-hybridized carbons (Fsp3) is 0.250. The molecule has 2 aromatic carbocycles. The number of benzene rings is 2. The van der Waals surface area contributed by atoms with Gasteiger partial charge in [0.2, 0.25) is 0 Å². The Bertz CT molecular complexity index is 628. The van der Waals surface area contributed by atoms with Crippen LogP contribution in [0.4, 0.5) is 10.1 Å². The van der Waals surface area contributed by atoms with Crippen LogP contribution in [-0.4, -0.2) is 7.11 Å². The van der Waals surface area contributed by atoms with E-state index in [1.54, 1.807) is 26.2 Å². The van der Waals surface area contributed by atoms with Crippen LogP contribution in [0.15, 0.2) is 30.3 Å². The van der Waals surface area contributed by atoms with Crippen LogP contribution < -0.4 is 10.1 Å². The number of ether oxygens (including phenoxy) is 1. The highest BCUT2D eigenvalue weighted by atomic mass is 35.5. The molecule has 0 unspecified atom stereocenters. The molecule has 4 heteroatoms. The van der Waals surface area contributed by atoms with Crippen LogP contribution in [0.3, 0.4) is 0 Å². The van der Waals surface area contributed by atoms with Crippen LogP contribution in [0.2, 0.25) is 5.02 Å². The Hall–Kier alpha value is -1.74. The highest BCUT2D eigenvalue weighted by molar-refractivity contribution is 6.31. The Kier molecular flexibility index (Phi) is 4.50. The second kappa shape index (κ2) is 6.14. The third kappa shape index (κ3) is 3.23. The van der Waals surface area contributed by atoms with Gasteiger partial charge in [-0.15, -0.1) is 0 Å². The van der Waals surface area contributed by atoms with E-state index in [9.17, 15) is 4.39 Å². The number of hydrogen-bond donors (Lipinski definition) is 1. The molecular weight excluding hydrogens is 277 g/mol. The Balaban J connectivity index is 2.18. The van der Waals surface area contributed by atoms with Crippen molar-refractivity contribution in [2.24, 2.45) is 0 Å². The number of methoxy groups -OCH3 is 1. The second-order valence-electron chi connectivity index (χ2n) is 4.74. The zero-order valence-corrected chi connectivity index (χ0v) is 12.5. The van der Waals surface area contributed by atoms with Gasteiger partial charge in [-0.1, -0.05) is 23.7 Å². The normalized spacial score (nSPS) is 10.4. The molecule has 0 aliphatic heterocycles. The number of halogens is 2. The predicted molar refractivity (Wildman–Crippen MR) is 81.2 cm³/mol. The quantitative estimate of drug-likeness (QED) is 0.881. The monoisotopic (exact) mass is 293 g/mol. The van der Waals surface area contributed by atoms with Crippen molar-refractivity contribution in [1.82, 2.24) is 0 Å². The summed E-state index contributed by atoms with van der Waals surface area (Å²) in [4.78, 5) is 0. The van der Waals surface area contributed by atoms with Crippen LogP contribution >= 0.6 is 11.6 Å². The van der Waals surface area contributed by atoms with Crippen molar-refractivity contribution in [2.45, 2.75) is 20.4 Å². The Morgan fingerprint density at radius 3 is 2.55 bits per heavy atom. The molecule has 0 amide bonds. The highest BCUT2D eigenvalue weighted by Crippen LogP contribution is 2.31. The van der Waals surface area contributed by atoms with Crippen molar-refractivity contribution in [3.63, 3.8) is 0 Å². The lowest BCUT2D eigenvalue weighted by molar-refractivity contribution is 0.416. The average Bonchev–Trinajstić information content (AvgIpc) is 2.43. The van der Waals surface area contributed by atoms with E-state index >= 15 is 0 Å². The average molecular weight is 294 g/mol. The van der Waals surface area contributed by atoms with Crippen LogP contribution in [0, 0.1) is 19.7 Å². The van der Waals surface area contributed by atoms with Crippen LogP contribution in [0.1, 0.15) is 16.7 Å². The molecule has 0 fully saturated rings.